The van der Waals surface area contributed by atoms with E-state index in [-0.39, 0.29) is 26.3 Å². The second-order valence-electron chi connectivity index (χ2n) is 5.05. The summed E-state index contributed by atoms with van der Waals surface area (Å²) in [6, 6.07) is 9.17. The first-order valence-electron chi connectivity index (χ1n) is 6.97. The van der Waals surface area contributed by atoms with Crippen molar-refractivity contribution in [3.05, 3.63) is 67.4 Å². The number of carbonyl (C=O) groups excluding carboxylic acids is 1. The van der Waals surface area contributed by atoms with Gasteiger partial charge in [0.15, 0.2) is 0 Å². The van der Waals surface area contributed by atoms with E-state index < -0.39 is 11.5 Å². The van der Waals surface area contributed by atoms with Gasteiger partial charge in [-0.05, 0) is 30.3 Å². The zero-order chi connectivity index (χ0) is 18.1. The number of carbonyl (C=O) groups is 1. The Bertz CT molecular complexity index is 1050. The van der Waals surface area contributed by atoms with Crippen molar-refractivity contribution in [1.82, 2.24) is 0 Å². The van der Waals surface area contributed by atoms with Crippen LogP contribution >= 0.6 is 34.8 Å². The van der Waals surface area contributed by atoms with Crippen molar-refractivity contribution in [2.45, 2.75) is 0 Å². The van der Waals surface area contributed by atoms with E-state index in [0.717, 1.165) is 0 Å². The number of halogens is 3. The van der Waals surface area contributed by atoms with Crippen LogP contribution in [0.2, 0.25) is 15.1 Å². The summed E-state index contributed by atoms with van der Waals surface area (Å²) < 4.78 is 10.3. The topological polar surface area (TPSA) is 68.5 Å². The maximum absolute atomic E-state index is 12.4. The third-order valence-electron chi connectivity index (χ3n) is 3.45. The molecule has 3 rings (SSSR count). The number of benzene rings is 2. The van der Waals surface area contributed by atoms with Gasteiger partial charge in [0.2, 0.25) is 0 Å². The molecule has 0 bridgehead atoms. The Morgan fingerprint density at radius 1 is 1.04 bits per heavy atom. The summed E-state index contributed by atoms with van der Waals surface area (Å²) in [5.41, 5.74) is -0.405. The van der Waals surface area contributed by atoms with E-state index in [1.54, 1.807) is 18.2 Å². The predicted octanol–water partition coefficient (Wildman–Crippen LogP) is 5.01. The number of methoxy groups -OCH3 is 1. The Labute approximate surface area is 157 Å². The van der Waals surface area contributed by atoms with Crippen molar-refractivity contribution < 1.29 is 13.9 Å². The molecule has 0 radical (unpaired) electrons. The molecule has 128 valence electrons. The Hall–Kier alpha value is -2.21. The van der Waals surface area contributed by atoms with Gasteiger partial charge in [-0.15, -0.1) is 0 Å². The van der Waals surface area contributed by atoms with Gasteiger partial charge >= 0.3 is 5.63 Å². The van der Waals surface area contributed by atoms with Crippen molar-refractivity contribution in [2.24, 2.45) is 0 Å². The maximum Gasteiger partial charge on any atom is 0.349 e. The summed E-state index contributed by atoms with van der Waals surface area (Å²) in [6.45, 7) is 0. The average Bonchev–Trinajstić information content (AvgIpc) is 2.58. The molecule has 0 aliphatic carbocycles. The molecule has 0 unspecified atom stereocenters. The van der Waals surface area contributed by atoms with Crippen LogP contribution in [0.15, 0.2) is 45.6 Å². The molecule has 0 aliphatic rings. The lowest BCUT2D eigenvalue weighted by molar-refractivity contribution is 0.102. The highest BCUT2D eigenvalue weighted by molar-refractivity contribution is 6.44. The standard InChI is InChI=1S/C17H10Cl3NO4/c1-24-9-3-2-8-4-10(17(23)25-15(8)5-9)16(22)21-14-7-12(19)11(18)6-13(14)20/h2-7H,1H3,(H,21,22). The molecule has 25 heavy (non-hydrogen) atoms. The lowest BCUT2D eigenvalue weighted by Crippen LogP contribution is -2.20. The third kappa shape index (κ3) is 3.58. The number of nitrogens with one attached hydrogen (secondary N) is 1. The van der Waals surface area contributed by atoms with Crippen molar-refractivity contribution in [1.29, 1.82) is 0 Å². The molecule has 1 amide bonds. The van der Waals surface area contributed by atoms with Gasteiger partial charge in [0.05, 0.1) is 27.9 Å². The van der Waals surface area contributed by atoms with Gasteiger partial charge in [-0.2, -0.15) is 0 Å². The summed E-state index contributed by atoms with van der Waals surface area (Å²) >= 11 is 17.8. The summed E-state index contributed by atoms with van der Waals surface area (Å²) in [4.78, 5) is 24.5. The quantitative estimate of drug-likeness (QED) is 0.497. The normalized spacial score (nSPS) is 10.7. The van der Waals surface area contributed by atoms with Crippen LogP contribution in [0.1, 0.15) is 10.4 Å². The summed E-state index contributed by atoms with van der Waals surface area (Å²) in [7, 11) is 1.50. The molecule has 2 aromatic carbocycles. The van der Waals surface area contributed by atoms with Crippen LogP contribution in [0.3, 0.4) is 0 Å². The molecule has 1 aromatic heterocycles. The zero-order valence-corrected chi connectivity index (χ0v) is 15.0. The number of anilines is 1. The van der Waals surface area contributed by atoms with Gasteiger partial charge in [0.1, 0.15) is 16.9 Å². The smallest absolute Gasteiger partial charge is 0.349 e. The highest BCUT2D eigenvalue weighted by atomic mass is 35.5. The number of amides is 1. The van der Waals surface area contributed by atoms with Gasteiger partial charge in [0.25, 0.3) is 5.91 Å². The van der Waals surface area contributed by atoms with Crippen molar-refractivity contribution in [3.63, 3.8) is 0 Å². The van der Waals surface area contributed by atoms with E-state index >= 15 is 0 Å². The van der Waals surface area contributed by atoms with Gasteiger partial charge < -0.3 is 14.5 Å². The second kappa shape index (κ2) is 6.96. The molecule has 0 aliphatic heterocycles. The zero-order valence-electron chi connectivity index (χ0n) is 12.7. The summed E-state index contributed by atoms with van der Waals surface area (Å²) in [5, 5.41) is 3.77. The fourth-order valence-corrected chi connectivity index (χ4v) is 2.78. The Morgan fingerprint density at radius 3 is 2.48 bits per heavy atom. The van der Waals surface area contributed by atoms with Crippen molar-refractivity contribution in [2.75, 3.05) is 12.4 Å². The Balaban J connectivity index is 1.98. The SMILES string of the molecule is COc1ccc2cc(C(=O)Nc3cc(Cl)c(Cl)cc3Cl)c(=O)oc2c1. The first-order chi connectivity index (χ1) is 11.9. The minimum atomic E-state index is -0.783. The molecular weight excluding hydrogens is 389 g/mol. The molecule has 5 nitrogen and oxygen atoms in total. The fraction of sp³-hybridized carbons (Fsp3) is 0.0588. The molecule has 0 atom stereocenters. The molecule has 3 aromatic rings. The van der Waals surface area contributed by atoms with Crippen LogP contribution in [-0.2, 0) is 0 Å². The van der Waals surface area contributed by atoms with Crippen LogP contribution in [0.4, 0.5) is 5.69 Å². The molecule has 0 fully saturated rings. The van der Waals surface area contributed by atoms with Crippen LogP contribution in [-0.4, -0.2) is 13.0 Å². The monoisotopic (exact) mass is 397 g/mol. The minimum Gasteiger partial charge on any atom is -0.497 e. The van der Waals surface area contributed by atoms with Crippen LogP contribution < -0.4 is 15.7 Å². The predicted molar refractivity (Wildman–Crippen MR) is 98.5 cm³/mol. The Morgan fingerprint density at radius 2 is 1.76 bits per heavy atom. The highest BCUT2D eigenvalue weighted by Crippen LogP contribution is 2.32. The van der Waals surface area contributed by atoms with E-state index in [4.69, 9.17) is 44.0 Å². The number of fused-ring (bicyclic) bond motifs is 1. The van der Waals surface area contributed by atoms with E-state index in [2.05, 4.69) is 5.32 Å². The summed E-state index contributed by atoms with van der Waals surface area (Å²) in [6.07, 6.45) is 0. The largest absolute Gasteiger partial charge is 0.497 e. The van der Waals surface area contributed by atoms with Crippen molar-refractivity contribution in [3.8, 4) is 5.75 Å². The molecule has 0 saturated heterocycles. The Kier molecular flexibility index (Phi) is 4.90. The first-order valence-corrected chi connectivity index (χ1v) is 8.10. The molecule has 1 N–H and O–H groups in total. The van der Waals surface area contributed by atoms with Gasteiger partial charge in [0, 0.05) is 11.5 Å². The lowest BCUT2D eigenvalue weighted by atomic mass is 10.1. The van der Waals surface area contributed by atoms with E-state index in [0.29, 0.717) is 16.7 Å². The van der Waals surface area contributed by atoms with Gasteiger partial charge in [-0.1, -0.05) is 34.8 Å². The number of ether oxygens (including phenoxy) is 1. The first kappa shape index (κ1) is 17.6. The molecule has 1 heterocycles. The summed E-state index contributed by atoms with van der Waals surface area (Å²) in [5.74, 6) is -0.137. The van der Waals surface area contributed by atoms with E-state index in [1.165, 1.54) is 25.3 Å². The number of rotatable bonds is 3. The number of hydrogen-bond donors (Lipinski definition) is 1. The lowest BCUT2D eigenvalue weighted by Gasteiger charge is -2.09. The van der Waals surface area contributed by atoms with E-state index in [9.17, 15) is 9.59 Å². The average molecular weight is 399 g/mol. The van der Waals surface area contributed by atoms with E-state index in [1.807, 2.05) is 0 Å². The number of hydrogen-bond acceptors (Lipinski definition) is 4. The van der Waals surface area contributed by atoms with Crippen LogP contribution in [0, 0.1) is 0 Å². The third-order valence-corrected chi connectivity index (χ3v) is 4.48. The minimum absolute atomic E-state index is 0.167. The highest BCUT2D eigenvalue weighted by Gasteiger charge is 2.16. The van der Waals surface area contributed by atoms with Gasteiger partial charge in [-0.3, -0.25) is 4.79 Å². The van der Waals surface area contributed by atoms with Crippen molar-refractivity contribution >= 4 is 57.4 Å². The molecular formula is C17H10Cl3NO4. The second-order valence-corrected chi connectivity index (χ2v) is 6.27. The fourth-order valence-electron chi connectivity index (χ4n) is 2.18. The van der Waals surface area contributed by atoms with Crippen LogP contribution in [0.25, 0.3) is 11.0 Å². The maximum atomic E-state index is 12.4. The molecule has 0 saturated carbocycles. The molecule has 0 spiro atoms. The molecule has 8 heteroatoms. The van der Waals surface area contributed by atoms with Crippen LogP contribution in [0.5, 0.6) is 5.75 Å². The van der Waals surface area contributed by atoms with Gasteiger partial charge in [-0.25, -0.2) is 4.79 Å².